The quantitative estimate of drug-likeness (QED) is 0.854. The summed E-state index contributed by atoms with van der Waals surface area (Å²) >= 11 is 1.69. The van der Waals surface area contributed by atoms with Gasteiger partial charge in [-0.15, -0.1) is 11.3 Å². The Hall–Kier alpha value is -1.37. The molecule has 2 aromatic rings. The third-order valence-corrected chi connectivity index (χ3v) is 4.43. The molecule has 0 aliphatic heterocycles. The van der Waals surface area contributed by atoms with E-state index in [0.717, 1.165) is 30.9 Å². The first-order valence-electron chi connectivity index (χ1n) is 6.96. The van der Waals surface area contributed by atoms with Gasteiger partial charge in [0, 0.05) is 18.0 Å². The molecule has 2 heterocycles. The molecule has 0 bridgehead atoms. The van der Waals surface area contributed by atoms with Crippen LogP contribution in [-0.2, 0) is 6.54 Å². The van der Waals surface area contributed by atoms with Crippen LogP contribution in [0.4, 0.5) is 4.39 Å². The van der Waals surface area contributed by atoms with Crippen molar-refractivity contribution in [2.45, 2.75) is 25.9 Å². The van der Waals surface area contributed by atoms with E-state index in [1.165, 1.54) is 17.1 Å². The van der Waals surface area contributed by atoms with E-state index in [1.807, 2.05) is 19.5 Å². The Morgan fingerprint density at radius 1 is 1.38 bits per heavy atom. The molecular weight excluding hydrogens is 287 g/mol. The molecule has 1 atom stereocenters. The Bertz CT molecular complexity index is 555. The summed E-state index contributed by atoms with van der Waals surface area (Å²) in [6.45, 7) is 3.88. The number of aromatic nitrogens is 2. The summed E-state index contributed by atoms with van der Waals surface area (Å²) in [7, 11) is 4.01. The van der Waals surface area contributed by atoms with Gasteiger partial charge in [0.2, 0.25) is 0 Å². The van der Waals surface area contributed by atoms with E-state index in [2.05, 4.69) is 27.2 Å². The van der Waals surface area contributed by atoms with Gasteiger partial charge in [0.1, 0.15) is 5.82 Å². The fourth-order valence-electron chi connectivity index (χ4n) is 2.19. The lowest BCUT2D eigenvalue weighted by atomic mass is 10.1. The van der Waals surface area contributed by atoms with Gasteiger partial charge in [-0.3, -0.25) is 4.98 Å². The standard InChI is InChI=1S/C15H21FN4S/c1-11-15(21-10-19-11)9-20(3)7-6-13(17-2)14-5-4-12(16)8-18-14/h4-5,8,10,13,17H,6-7,9H2,1-3H3. The average Bonchev–Trinajstić information content (AvgIpc) is 2.87. The molecule has 0 aliphatic carbocycles. The molecule has 1 N–H and O–H groups in total. The molecule has 114 valence electrons. The number of hydrogen-bond donors (Lipinski definition) is 1. The summed E-state index contributed by atoms with van der Waals surface area (Å²) in [5.74, 6) is -0.300. The minimum Gasteiger partial charge on any atom is -0.312 e. The largest absolute Gasteiger partial charge is 0.312 e. The number of rotatable bonds is 7. The van der Waals surface area contributed by atoms with Crippen LogP contribution in [0.5, 0.6) is 0 Å². The van der Waals surface area contributed by atoms with E-state index in [9.17, 15) is 4.39 Å². The summed E-state index contributed by atoms with van der Waals surface area (Å²) in [6.07, 6.45) is 2.19. The van der Waals surface area contributed by atoms with E-state index in [0.29, 0.717) is 0 Å². The lowest BCUT2D eigenvalue weighted by Crippen LogP contribution is -2.25. The molecule has 0 fully saturated rings. The predicted molar refractivity (Wildman–Crippen MR) is 83.8 cm³/mol. The summed E-state index contributed by atoms with van der Waals surface area (Å²) in [4.78, 5) is 12.0. The zero-order valence-electron chi connectivity index (χ0n) is 12.6. The van der Waals surface area contributed by atoms with Crippen LogP contribution in [0, 0.1) is 12.7 Å². The third kappa shape index (κ3) is 4.56. The SMILES string of the molecule is CNC(CCN(C)Cc1scnc1C)c1ccc(F)cn1. The monoisotopic (exact) mass is 308 g/mol. The first kappa shape index (κ1) is 16.0. The highest BCUT2D eigenvalue weighted by Gasteiger charge is 2.13. The van der Waals surface area contributed by atoms with Gasteiger partial charge in [-0.1, -0.05) is 0 Å². The van der Waals surface area contributed by atoms with Gasteiger partial charge in [-0.05, 0) is 39.6 Å². The van der Waals surface area contributed by atoms with Crippen molar-refractivity contribution < 1.29 is 4.39 Å². The number of halogens is 1. The van der Waals surface area contributed by atoms with Crippen LogP contribution in [0.15, 0.2) is 23.8 Å². The van der Waals surface area contributed by atoms with E-state index in [1.54, 1.807) is 17.4 Å². The molecule has 0 aliphatic rings. The van der Waals surface area contributed by atoms with Gasteiger partial charge < -0.3 is 10.2 Å². The second-order valence-electron chi connectivity index (χ2n) is 5.13. The van der Waals surface area contributed by atoms with Crippen LogP contribution in [0.1, 0.15) is 28.7 Å². The van der Waals surface area contributed by atoms with Crippen molar-refractivity contribution in [3.8, 4) is 0 Å². The van der Waals surface area contributed by atoms with Crippen molar-refractivity contribution in [2.75, 3.05) is 20.6 Å². The second kappa shape index (κ2) is 7.59. The van der Waals surface area contributed by atoms with Crippen LogP contribution in [0.25, 0.3) is 0 Å². The molecule has 2 aromatic heterocycles. The van der Waals surface area contributed by atoms with E-state index >= 15 is 0 Å². The van der Waals surface area contributed by atoms with Gasteiger partial charge in [0.25, 0.3) is 0 Å². The maximum absolute atomic E-state index is 12.9. The molecule has 2 rings (SSSR count). The highest BCUT2D eigenvalue weighted by molar-refractivity contribution is 7.09. The predicted octanol–water partition coefficient (Wildman–Crippen LogP) is 2.77. The molecule has 4 nitrogen and oxygen atoms in total. The van der Waals surface area contributed by atoms with Crippen LogP contribution in [0.3, 0.4) is 0 Å². The van der Waals surface area contributed by atoms with Gasteiger partial charge in [0.15, 0.2) is 0 Å². The Kier molecular flexibility index (Phi) is 5.78. The Morgan fingerprint density at radius 3 is 2.76 bits per heavy atom. The maximum Gasteiger partial charge on any atom is 0.141 e. The van der Waals surface area contributed by atoms with Gasteiger partial charge in [0.05, 0.1) is 29.1 Å². The highest BCUT2D eigenvalue weighted by Crippen LogP contribution is 2.17. The normalized spacial score (nSPS) is 12.8. The van der Waals surface area contributed by atoms with Crippen molar-refractivity contribution in [3.05, 3.63) is 45.9 Å². The molecule has 21 heavy (non-hydrogen) atoms. The molecule has 0 aromatic carbocycles. The van der Waals surface area contributed by atoms with Crippen LogP contribution < -0.4 is 5.32 Å². The summed E-state index contributed by atoms with van der Waals surface area (Å²) in [5.41, 5.74) is 3.87. The van der Waals surface area contributed by atoms with E-state index in [-0.39, 0.29) is 11.9 Å². The van der Waals surface area contributed by atoms with Gasteiger partial charge in [-0.25, -0.2) is 9.37 Å². The van der Waals surface area contributed by atoms with Crippen molar-refractivity contribution in [2.24, 2.45) is 0 Å². The fourth-order valence-corrected chi connectivity index (χ4v) is 3.04. The zero-order chi connectivity index (χ0) is 15.2. The number of hydrogen-bond acceptors (Lipinski definition) is 5. The molecule has 0 spiro atoms. The topological polar surface area (TPSA) is 41.0 Å². The van der Waals surface area contributed by atoms with Crippen LogP contribution in [0.2, 0.25) is 0 Å². The lowest BCUT2D eigenvalue weighted by Gasteiger charge is -2.21. The number of aryl methyl sites for hydroxylation is 1. The Labute approximate surface area is 129 Å². The molecule has 6 heteroatoms. The molecule has 0 radical (unpaired) electrons. The summed E-state index contributed by atoms with van der Waals surface area (Å²) in [6, 6.07) is 3.33. The number of nitrogens with one attached hydrogen (secondary N) is 1. The third-order valence-electron chi connectivity index (χ3n) is 3.51. The minimum atomic E-state index is -0.300. The molecule has 0 saturated carbocycles. The molecule has 0 amide bonds. The van der Waals surface area contributed by atoms with Crippen molar-refractivity contribution in [1.29, 1.82) is 0 Å². The maximum atomic E-state index is 12.9. The van der Waals surface area contributed by atoms with Crippen LogP contribution >= 0.6 is 11.3 Å². The number of nitrogens with zero attached hydrogens (tertiary/aromatic N) is 3. The minimum absolute atomic E-state index is 0.135. The second-order valence-corrected chi connectivity index (χ2v) is 6.07. The summed E-state index contributed by atoms with van der Waals surface area (Å²) < 4.78 is 12.9. The summed E-state index contributed by atoms with van der Waals surface area (Å²) in [5, 5.41) is 3.24. The molecule has 1 unspecified atom stereocenters. The number of pyridine rings is 1. The van der Waals surface area contributed by atoms with E-state index in [4.69, 9.17) is 0 Å². The molecule has 0 saturated heterocycles. The lowest BCUT2D eigenvalue weighted by molar-refractivity contribution is 0.304. The smallest absolute Gasteiger partial charge is 0.141 e. The fraction of sp³-hybridized carbons (Fsp3) is 0.467. The van der Waals surface area contributed by atoms with Gasteiger partial charge >= 0.3 is 0 Å². The Morgan fingerprint density at radius 2 is 2.19 bits per heavy atom. The van der Waals surface area contributed by atoms with Crippen LogP contribution in [-0.4, -0.2) is 35.5 Å². The van der Waals surface area contributed by atoms with Crippen molar-refractivity contribution in [3.63, 3.8) is 0 Å². The first-order chi connectivity index (χ1) is 10.1. The Balaban J connectivity index is 1.88. The van der Waals surface area contributed by atoms with Gasteiger partial charge in [-0.2, -0.15) is 0 Å². The highest BCUT2D eigenvalue weighted by atomic mass is 32.1. The number of thiazole rings is 1. The van der Waals surface area contributed by atoms with E-state index < -0.39 is 0 Å². The van der Waals surface area contributed by atoms with Crippen molar-refractivity contribution in [1.82, 2.24) is 20.2 Å². The first-order valence-corrected chi connectivity index (χ1v) is 7.84. The van der Waals surface area contributed by atoms with Crippen molar-refractivity contribution >= 4 is 11.3 Å². The molecular formula is C15H21FN4S. The average molecular weight is 308 g/mol. The zero-order valence-corrected chi connectivity index (χ0v) is 13.5.